The highest BCUT2D eigenvalue weighted by atomic mass is 35.5. The predicted molar refractivity (Wildman–Crippen MR) is 65.2 cm³/mol. The Kier molecular flexibility index (Phi) is 7.68. The van der Waals surface area contributed by atoms with Crippen molar-refractivity contribution in [3.8, 4) is 0 Å². The first-order valence-corrected chi connectivity index (χ1v) is 5.52. The van der Waals surface area contributed by atoms with Crippen LogP contribution >= 0.6 is 12.4 Å². The molecule has 0 saturated heterocycles. The molecule has 0 N–H and O–H groups in total. The lowest BCUT2D eigenvalue weighted by atomic mass is 10.2. The van der Waals surface area contributed by atoms with Gasteiger partial charge in [-0.15, -0.1) is 12.4 Å². The van der Waals surface area contributed by atoms with Crippen molar-refractivity contribution >= 4 is 12.4 Å². The zero-order chi connectivity index (χ0) is 9.52. The summed E-state index contributed by atoms with van der Waals surface area (Å²) in [4.78, 5) is 0. The minimum absolute atomic E-state index is 0. The Morgan fingerprint density at radius 2 is 1.86 bits per heavy atom. The van der Waals surface area contributed by atoms with Gasteiger partial charge in [0.05, 0.1) is 0 Å². The maximum atomic E-state index is 2.40. The first-order chi connectivity index (χ1) is 6.38. The summed E-state index contributed by atoms with van der Waals surface area (Å²) in [6.45, 7) is 5.69. The van der Waals surface area contributed by atoms with E-state index in [1.54, 1.807) is 0 Å². The van der Waals surface area contributed by atoms with Crippen LogP contribution in [0.15, 0.2) is 18.3 Å². The lowest BCUT2D eigenvalue weighted by Gasteiger charge is -2.07. The van der Waals surface area contributed by atoms with Gasteiger partial charge in [0, 0.05) is 18.4 Å². The van der Waals surface area contributed by atoms with Gasteiger partial charge in [0.2, 0.25) is 0 Å². The molecule has 0 bridgehead atoms. The van der Waals surface area contributed by atoms with Gasteiger partial charge in [-0.25, -0.2) is 0 Å². The molecule has 0 aliphatic rings. The molecule has 2 heteroatoms. The van der Waals surface area contributed by atoms with Crippen LogP contribution in [0.3, 0.4) is 0 Å². The van der Waals surface area contributed by atoms with Gasteiger partial charge in [-0.1, -0.05) is 26.7 Å². The van der Waals surface area contributed by atoms with Crippen LogP contribution in [0.4, 0.5) is 0 Å². The van der Waals surface area contributed by atoms with Gasteiger partial charge < -0.3 is 4.57 Å². The average Bonchev–Trinajstić information content (AvgIpc) is 2.59. The lowest BCUT2D eigenvalue weighted by Crippen LogP contribution is -2.01. The van der Waals surface area contributed by atoms with Crippen molar-refractivity contribution in [1.82, 2.24) is 4.57 Å². The third kappa shape index (κ3) is 4.19. The van der Waals surface area contributed by atoms with E-state index in [0.29, 0.717) is 0 Å². The van der Waals surface area contributed by atoms with E-state index in [2.05, 4.69) is 36.7 Å². The SMILES string of the molecule is CCCCc1cccn1CCCC.Cl. The second kappa shape index (κ2) is 7.93. The molecular formula is C12H22ClN. The van der Waals surface area contributed by atoms with Crippen LogP contribution in [0.2, 0.25) is 0 Å². The van der Waals surface area contributed by atoms with Gasteiger partial charge in [-0.2, -0.15) is 0 Å². The minimum atomic E-state index is 0. The summed E-state index contributed by atoms with van der Waals surface area (Å²) >= 11 is 0. The Hall–Kier alpha value is -0.430. The van der Waals surface area contributed by atoms with E-state index in [9.17, 15) is 0 Å². The van der Waals surface area contributed by atoms with Gasteiger partial charge in [-0.05, 0) is 31.4 Å². The van der Waals surface area contributed by atoms with Crippen LogP contribution in [0, 0.1) is 0 Å². The topological polar surface area (TPSA) is 4.93 Å². The fourth-order valence-electron chi connectivity index (χ4n) is 1.58. The van der Waals surface area contributed by atoms with Crippen LogP contribution in [-0.4, -0.2) is 4.57 Å². The number of aromatic nitrogens is 1. The molecule has 0 atom stereocenters. The molecule has 0 aliphatic carbocycles. The summed E-state index contributed by atoms with van der Waals surface area (Å²) in [7, 11) is 0. The normalized spacial score (nSPS) is 9.86. The first-order valence-electron chi connectivity index (χ1n) is 5.52. The highest BCUT2D eigenvalue weighted by Gasteiger charge is 1.98. The van der Waals surface area contributed by atoms with E-state index in [1.165, 1.54) is 44.3 Å². The molecule has 0 amide bonds. The molecule has 0 radical (unpaired) electrons. The number of nitrogens with zero attached hydrogens (tertiary/aromatic N) is 1. The molecule has 0 aliphatic heterocycles. The van der Waals surface area contributed by atoms with Crippen molar-refractivity contribution in [2.45, 2.75) is 52.5 Å². The van der Waals surface area contributed by atoms with Crippen molar-refractivity contribution in [3.05, 3.63) is 24.0 Å². The Labute approximate surface area is 93.9 Å². The van der Waals surface area contributed by atoms with E-state index >= 15 is 0 Å². The van der Waals surface area contributed by atoms with E-state index in [-0.39, 0.29) is 12.4 Å². The third-order valence-corrected chi connectivity index (χ3v) is 2.46. The highest BCUT2D eigenvalue weighted by Crippen LogP contribution is 2.08. The van der Waals surface area contributed by atoms with E-state index in [0.717, 1.165) is 0 Å². The molecule has 0 spiro atoms. The number of hydrogen-bond donors (Lipinski definition) is 0. The van der Waals surface area contributed by atoms with Gasteiger partial charge >= 0.3 is 0 Å². The number of rotatable bonds is 6. The van der Waals surface area contributed by atoms with Gasteiger partial charge in [-0.3, -0.25) is 0 Å². The van der Waals surface area contributed by atoms with Crippen molar-refractivity contribution < 1.29 is 0 Å². The zero-order valence-electron chi connectivity index (χ0n) is 9.33. The van der Waals surface area contributed by atoms with Crippen LogP contribution in [-0.2, 0) is 13.0 Å². The standard InChI is InChI=1S/C12H21N.ClH/c1-3-5-8-12-9-7-11-13(12)10-6-4-2;/h7,9,11H,3-6,8,10H2,1-2H3;1H. The van der Waals surface area contributed by atoms with Gasteiger partial charge in [0.25, 0.3) is 0 Å². The molecular weight excluding hydrogens is 194 g/mol. The maximum Gasteiger partial charge on any atom is 0.0222 e. The molecule has 14 heavy (non-hydrogen) atoms. The summed E-state index contributed by atoms with van der Waals surface area (Å²) < 4.78 is 2.40. The van der Waals surface area contributed by atoms with Crippen molar-refractivity contribution in [3.63, 3.8) is 0 Å². The minimum Gasteiger partial charge on any atom is -0.351 e. The largest absolute Gasteiger partial charge is 0.351 e. The van der Waals surface area contributed by atoms with Crippen molar-refractivity contribution in [1.29, 1.82) is 0 Å². The molecule has 0 unspecified atom stereocenters. The average molecular weight is 216 g/mol. The second-order valence-electron chi connectivity index (χ2n) is 3.65. The number of unbranched alkanes of at least 4 members (excludes halogenated alkanes) is 2. The molecule has 0 aromatic carbocycles. The zero-order valence-corrected chi connectivity index (χ0v) is 10.1. The monoisotopic (exact) mass is 215 g/mol. The Bertz CT molecular complexity index is 207. The predicted octanol–water partition coefficient (Wildman–Crippen LogP) is 4.05. The van der Waals surface area contributed by atoms with Crippen molar-refractivity contribution in [2.75, 3.05) is 0 Å². The molecule has 1 rings (SSSR count). The quantitative estimate of drug-likeness (QED) is 0.675. The molecule has 1 nitrogen and oxygen atoms in total. The summed E-state index contributed by atoms with van der Waals surface area (Å²) in [5, 5.41) is 0. The third-order valence-electron chi connectivity index (χ3n) is 2.46. The summed E-state index contributed by atoms with van der Waals surface area (Å²) in [5.74, 6) is 0. The van der Waals surface area contributed by atoms with Crippen LogP contribution < -0.4 is 0 Å². The first kappa shape index (κ1) is 13.6. The number of hydrogen-bond acceptors (Lipinski definition) is 0. The fraction of sp³-hybridized carbons (Fsp3) is 0.667. The Morgan fingerprint density at radius 1 is 1.14 bits per heavy atom. The Morgan fingerprint density at radius 3 is 2.50 bits per heavy atom. The van der Waals surface area contributed by atoms with E-state index in [4.69, 9.17) is 0 Å². The summed E-state index contributed by atoms with van der Waals surface area (Å²) in [5.41, 5.74) is 1.51. The van der Waals surface area contributed by atoms with Gasteiger partial charge in [0.1, 0.15) is 0 Å². The maximum absolute atomic E-state index is 2.40. The van der Waals surface area contributed by atoms with Crippen LogP contribution in [0.5, 0.6) is 0 Å². The number of halogens is 1. The van der Waals surface area contributed by atoms with E-state index < -0.39 is 0 Å². The molecule has 82 valence electrons. The Balaban J connectivity index is 0.00000169. The number of aryl methyl sites for hydroxylation is 2. The summed E-state index contributed by atoms with van der Waals surface area (Å²) in [6.07, 6.45) is 8.64. The smallest absolute Gasteiger partial charge is 0.0222 e. The van der Waals surface area contributed by atoms with Crippen molar-refractivity contribution in [2.24, 2.45) is 0 Å². The molecule has 1 aromatic rings. The lowest BCUT2D eigenvalue weighted by molar-refractivity contribution is 0.600. The molecule has 0 fully saturated rings. The van der Waals surface area contributed by atoms with Gasteiger partial charge in [0.15, 0.2) is 0 Å². The summed E-state index contributed by atoms with van der Waals surface area (Å²) in [6, 6.07) is 4.42. The van der Waals surface area contributed by atoms with Crippen LogP contribution in [0.1, 0.15) is 45.2 Å². The van der Waals surface area contributed by atoms with Crippen LogP contribution in [0.25, 0.3) is 0 Å². The van der Waals surface area contributed by atoms with E-state index in [1.807, 2.05) is 0 Å². The fourth-order valence-corrected chi connectivity index (χ4v) is 1.58. The molecule has 0 saturated carbocycles. The highest BCUT2D eigenvalue weighted by molar-refractivity contribution is 5.85. The molecule has 1 aromatic heterocycles. The molecule has 1 heterocycles. The second-order valence-corrected chi connectivity index (χ2v) is 3.65.